The average molecular weight is 534 g/mol. The molecular weight excluding hydrogens is 494 g/mol. The van der Waals surface area contributed by atoms with Gasteiger partial charge in [-0.25, -0.2) is 0 Å². The minimum absolute atomic E-state index is 0.0751. The van der Waals surface area contributed by atoms with Gasteiger partial charge in [-0.2, -0.15) is 0 Å². The first-order valence-corrected chi connectivity index (χ1v) is 14.1. The van der Waals surface area contributed by atoms with E-state index in [1.54, 1.807) is 21.3 Å². The Hall–Kier alpha value is -2.94. The maximum atomic E-state index is 11.6. The van der Waals surface area contributed by atoms with Gasteiger partial charge in [-0.1, -0.05) is 0 Å². The first-order valence-electron chi connectivity index (χ1n) is 14.1. The summed E-state index contributed by atoms with van der Waals surface area (Å²) in [4.78, 5) is 6.25. The first-order chi connectivity index (χ1) is 18.9. The number of aromatic hydroxyl groups is 1. The van der Waals surface area contributed by atoms with Gasteiger partial charge in [-0.15, -0.1) is 0 Å². The number of nitrogens with zero attached hydrogens (tertiary/aromatic N) is 1. The van der Waals surface area contributed by atoms with Crippen molar-refractivity contribution in [3.05, 3.63) is 46.1 Å². The lowest BCUT2D eigenvalue weighted by Crippen LogP contribution is -2.60. The zero-order valence-electron chi connectivity index (χ0n) is 23.6. The van der Waals surface area contributed by atoms with Crippen LogP contribution in [0.3, 0.4) is 0 Å². The summed E-state index contributed by atoms with van der Waals surface area (Å²) in [6, 6.07) is 6.52. The Bertz CT molecular complexity index is 1470. The minimum Gasteiger partial charge on any atom is -0.504 e. The smallest absolute Gasteiger partial charge is 0.162 e. The first kappa shape index (κ1) is 25.1. The summed E-state index contributed by atoms with van der Waals surface area (Å²) in [6.07, 6.45) is 5.53. The summed E-state index contributed by atoms with van der Waals surface area (Å²) in [5, 5.41) is 16.7. The van der Waals surface area contributed by atoms with Crippen LogP contribution in [-0.2, 0) is 28.5 Å². The summed E-state index contributed by atoms with van der Waals surface area (Å²) >= 11 is 0. The predicted octanol–water partition coefficient (Wildman–Crippen LogP) is 4.31. The lowest BCUT2D eigenvalue weighted by atomic mass is 9.61. The number of likely N-dealkylation sites (N-methyl/N-ethyl adjacent to an activating group) is 1. The molecule has 2 aromatic carbocycles. The van der Waals surface area contributed by atoms with Crippen LogP contribution in [0.4, 0.5) is 0 Å². The van der Waals surface area contributed by atoms with Crippen molar-refractivity contribution in [3.63, 3.8) is 0 Å². The molecule has 1 unspecified atom stereocenters. The highest BCUT2D eigenvalue weighted by molar-refractivity contribution is 5.88. The van der Waals surface area contributed by atoms with E-state index in [4.69, 9.17) is 18.9 Å². The van der Waals surface area contributed by atoms with E-state index < -0.39 is 0 Å². The number of phenols is 1. The molecule has 8 heteroatoms. The van der Waals surface area contributed by atoms with Gasteiger partial charge in [0.25, 0.3) is 0 Å². The standard InChI is InChI=1S/C31H39N3O5/c1-34-11-7-17-12-24(38-4)28(35)27-26(17)21(34)15-30(27)8-9-31(25(16-30)39-5)29-18(6-10-32-31)19-13-22(36-2)23(37-3)14-20(19)33-29/h12-14,21,25,32-33,35H,6-11,15-16H2,1-5H3/t21?,25-,30+,31+/m0/s1. The van der Waals surface area contributed by atoms with Gasteiger partial charge < -0.3 is 34.4 Å². The van der Waals surface area contributed by atoms with Crippen molar-refractivity contribution >= 4 is 10.9 Å². The molecule has 4 atom stereocenters. The molecule has 1 fully saturated rings. The monoisotopic (exact) mass is 533 g/mol. The quantitative estimate of drug-likeness (QED) is 0.461. The van der Waals surface area contributed by atoms with Gasteiger partial charge in [0.1, 0.15) is 0 Å². The minimum atomic E-state index is -0.339. The number of methoxy groups -OCH3 is 4. The molecule has 2 aliphatic carbocycles. The Balaban J connectivity index is 1.35. The molecule has 39 heavy (non-hydrogen) atoms. The number of aromatic nitrogens is 1. The number of benzene rings is 2. The molecule has 8 nitrogen and oxygen atoms in total. The van der Waals surface area contributed by atoms with Gasteiger partial charge in [-0.05, 0) is 74.4 Å². The lowest BCUT2D eigenvalue weighted by Gasteiger charge is -2.52. The fourth-order valence-electron chi connectivity index (χ4n) is 8.53. The number of H-pyrrole nitrogens is 1. The van der Waals surface area contributed by atoms with Crippen LogP contribution >= 0.6 is 0 Å². The highest BCUT2D eigenvalue weighted by atomic mass is 16.5. The second-order valence-electron chi connectivity index (χ2n) is 11.9. The largest absolute Gasteiger partial charge is 0.504 e. The van der Waals surface area contributed by atoms with Crippen molar-refractivity contribution in [2.45, 2.75) is 61.6 Å². The third kappa shape index (κ3) is 3.28. The summed E-state index contributed by atoms with van der Waals surface area (Å²) in [6.45, 7) is 1.90. The van der Waals surface area contributed by atoms with Gasteiger partial charge >= 0.3 is 0 Å². The summed E-state index contributed by atoms with van der Waals surface area (Å²) in [7, 11) is 9.07. The SMILES string of the molecule is COc1cc2[nH]c3c(c2cc1OC)CCN[C@@]31CC[C@@]2(CC3c4c(cc(OC)c(O)c42)CCN3C)C[C@@H]1OC. The van der Waals surface area contributed by atoms with Crippen molar-refractivity contribution in [1.29, 1.82) is 0 Å². The number of hydrogen-bond donors (Lipinski definition) is 3. The van der Waals surface area contributed by atoms with Crippen LogP contribution in [0.15, 0.2) is 18.2 Å². The van der Waals surface area contributed by atoms with Crippen LogP contribution in [0.25, 0.3) is 10.9 Å². The number of ether oxygens (including phenoxy) is 4. The molecule has 0 amide bonds. The van der Waals surface area contributed by atoms with E-state index in [0.717, 1.165) is 74.2 Å². The van der Waals surface area contributed by atoms with Gasteiger partial charge in [0.15, 0.2) is 23.0 Å². The van der Waals surface area contributed by atoms with E-state index in [0.29, 0.717) is 17.5 Å². The van der Waals surface area contributed by atoms with Crippen molar-refractivity contribution in [2.75, 3.05) is 48.6 Å². The lowest BCUT2D eigenvalue weighted by molar-refractivity contribution is -0.0482. The maximum absolute atomic E-state index is 11.6. The Morgan fingerprint density at radius 1 is 0.949 bits per heavy atom. The summed E-state index contributed by atoms with van der Waals surface area (Å²) < 4.78 is 23.3. The van der Waals surface area contributed by atoms with Crippen molar-refractivity contribution in [3.8, 4) is 23.0 Å². The molecule has 0 radical (unpaired) electrons. The van der Waals surface area contributed by atoms with E-state index in [1.165, 1.54) is 27.8 Å². The van der Waals surface area contributed by atoms with E-state index in [1.807, 2.05) is 13.2 Å². The van der Waals surface area contributed by atoms with Crippen molar-refractivity contribution < 1.29 is 24.1 Å². The van der Waals surface area contributed by atoms with E-state index in [-0.39, 0.29) is 17.1 Å². The van der Waals surface area contributed by atoms with E-state index in [9.17, 15) is 5.11 Å². The second kappa shape index (κ2) is 8.78. The second-order valence-corrected chi connectivity index (χ2v) is 11.9. The normalized spacial score (nSPS) is 29.6. The number of nitrogens with one attached hydrogen (secondary N) is 2. The van der Waals surface area contributed by atoms with Crippen LogP contribution in [-0.4, -0.2) is 69.7 Å². The number of hydrogen-bond acceptors (Lipinski definition) is 7. The molecule has 3 aromatic rings. The number of phenolic OH excluding ortho intramolecular Hbond substituents is 1. The zero-order valence-corrected chi connectivity index (χ0v) is 23.6. The van der Waals surface area contributed by atoms with Gasteiger partial charge in [0.05, 0.1) is 33.0 Å². The van der Waals surface area contributed by atoms with Gasteiger partial charge in [-0.3, -0.25) is 4.90 Å². The fourth-order valence-corrected chi connectivity index (χ4v) is 8.53. The van der Waals surface area contributed by atoms with Gasteiger partial charge in [0.2, 0.25) is 0 Å². The molecule has 208 valence electrons. The average Bonchev–Trinajstić information content (AvgIpc) is 3.50. The highest BCUT2D eigenvalue weighted by Crippen LogP contribution is 2.63. The third-order valence-electron chi connectivity index (χ3n) is 10.4. The Morgan fingerprint density at radius 3 is 2.46 bits per heavy atom. The van der Waals surface area contributed by atoms with Gasteiger partial charge in [0, 0.05) is 59.9 Å². The molecular formula is C31H39N3O5. The summed E-state index contributed by atoms with van der Waals surface area (Å²) in [5.74, 6) is 2.38. The van der Waals surface area contributed by atoms with E-state index >= 15 is 0 Å². The van der Waals surface area contributed by atoms with Crippen LogP contribution < -0.4 is 19.5 Å². The van der Waals surface area contributed by atoms with E-state index in [2.05, 4.69) is 34.4 Å². The van der Waals surface area contributed by atoms with Crippen LogP contribution in [0.2, 0.25) is 0 Å². The third-order valence-corrected chi connectivity index (χ3v) is 10.4. The number of aromatic amines is 1. The van der Waals surface area contributed by atoms with Crippen molar-refractivity contribution in [2.24, 2.45) is 0 Å². The van der Waals surface area contributed by atoms with Crippen LogP contribution in [0, 0.1) is 0 Å². The molecule has 3 heterocycles. The zero-order chi connectivity index (χ0) is 27.1. The summed E-state index contributed by atoms with van der Waals surface area (Å²) in [5.41, 5.74) is 6.85. The Labute approximate surface area is 229 Å². The molecule has 7 rings (SSSR count). The molecule has 3 N–H and O–H groups in total. The molecule has 2 aliphatic heterocycles. The molecule has 0 bridgehead atoms. The Kier molecular flexibility index (Phi) is 5.64. The molecule has 4 aliphatic rings. The number of fused-ring (bicyclic) bond motifs is 5. The van der Waals surface area contributed by atoms with Crippen LogP contribution in [0.1, 0.15) is 59.7 Å². The maximum Gasteiger partial charge on any atom is 0.162 e. The highest BCUT2D eigenvalue weighted by Gasteiger charge is 2.58. The molecule has 0 saturated heterocycles. The topological polar surface area (TPSA) is 88.2 Å². The molecule has 1 saturated carbocycles. The number of rotatable bonds is 4. The fraction of sp³-hybridized carbons (Fsp3) is 0.548. The molecule has 2 spiro atoms. The molecule has 1 aromatic heterocycles. The predicted molar refractivity (Wildman–Crippen MR) is 149 cm³/mol. The van der Waals surface area contributed by atoms with Crippen molar-refractivity contribution in [1.82, 2.24) is 15.2 Å². The Morgan fingerprint density at radius 2 is 1.72 bits per heavy atom. The van der Waals surface area contributed by atoms with Crippen LogP contribution in [0.5, 0.6) is 23.0 Å².